The number of esters is 1. The first kappa shape index (κ1) is 24.7. The summed E-state index contributed by atoms with van der Waals surface area (Å²) >= 11 is 0. The zero-order valence-corrected chi connectivity index (χ0v) is 21.1. The summed E-state index contributed by atoms with van der Waals surface area (Å²) in [5.41, 5.74) is 3.16. The van der Waals surface area contributed by atoms with Crippen molar-refractivity contribution >= 4 is 28.6 Å². The van der Waals surface area contributed by atoms with Crippen LogP contribution < -0.4 is 10.9 Å². The molecule has 1 amide bonds. The Morgan fingerprint density at radius 3 is 2.65 bits per heavy atom. The maximum Gasteiger partial charge on any atom is 0.317 e. The van der Waals surface area contributed by atoms with E-state index in [2.05, 4.69) is 5.32 Å². The highest BCUT2D eigenvalue weighted by Gasteiger charge is 2.48. The number of phenols is 1. The molecule has 0 spiro atoms. The number of cyclic esters (lactones) is 1. The summed E-state index contributed by atoms with van der Waals surface area (Å²) < 4.78 is 7.11. The van der Waals surface area contributed by atoms with Crippen molar-refractivity contribution in [2.75, 3.05) is 6.54 Å². The monoisotopic (exact) mass is 503 g/mol. The lowest BCUT2D eigenvalue weighted by Crippen LogP contribution is -2.47. The molecule has 2 aromatic heterocycles. The molecule has 0 bridgehead atoms. The number of ether oxygens (including phenoxy) is 1. The Bertz CT molecular complexity index is 1540. The van der Waals surface area contributed by atoms with E-state index in [9.17, 15) is 24.3 Å². The second-order valence-corrected chi connectivity index (χ2v) is 9.64. The van der Waals surface area contributed by atoms with E-state index < -0.39 is 11.4 Å². The van der Waals surface area contributed by atoms with Gasteiger partial charge in [-0.15, -0.1) is 0 Å². The summed E-state index contributed by atoms with van der Waals surface area (Å²) in [6.07, 6.45) is 1.01. The molecule has 0 unspecified atom stereocenters. The van der Waals surface area contributed by atoms with Gasteiger partial charge in [-0.1, -0.05) is 20.8 Å². The van der Waals surface area contributed by atoms with Gasteiger partial charge < -0.3 is 19.7 Å². The molecular formula is C28H29N3O6. The molecule has 0 radical (unpaired) electrons. The lowest BCUT2D eigenvalue weighted by molar-refractivity contribution is -0.156. The van der Waals surface area contributed by atoms with Gasteiger partial charge in [0, 0.05) is 23.8 Å². The number of carbonyl (C=O) groups is 3. The van der Waals surface area contributed by atoms with Gasteiger partial charge in [-0.25, -0.2) is 4.98 Å². The van der Waals surface area contributed by atoms with Crippen LogP contribution in [0.2, 0.25) is 0 Å². The van der Waals surface area contributed by atoms with Gasteiger partial charge in [-0.2, -0.15) is 0 Å². The second kappa shape index (κ2) is 9.14. The van der Waals surface area contributed by atoms with Gasteiger partial charge in [-0.3, -0.25) is 19.2 Å². The molecular weight excluding hydrogens is 474 g/mol. The molecule has 0 aliphatic carbocycles. The highest BCUT2D eigenvalue weighted by Crippen LogP contribution is 2.43. The van der Waals surface area contributed by atoms with Gasteiger partial charge in [0.15, 0.2) is 5.78 Å². The number of aromatic hydroxyl groups is 1. The summed E-state index contributed by atoms with van der Waals surface area (Å²) in [4.78, 5) is 56.3. The van der Waals surface area contributed by atoms with Crippen molar-refractivity contribution in [2.45, 2.75) is 65.0 Å². The Balaban J connectivity index is 1.67. The summed E-state index contributed by atoms with van der Waals surface area (Å²) in [5, 5.41) is 13.5. The second-order valence-electron chi connectivity index (χ2n) is 9.64. The minimum atomic E-state index is -1.32. The average molecular weight is 504 g/mol. The topological polar surface area (TPSA) is 128 Å². The summed E-state index contributed by atoms with van der Waals surface area (Å²) in [5.74, 6) is -0.963. The summed E-state index contributed by atoms with van der Waals surface area (Å²) in [7, 11) is 0. The molecule has 9 nitrogen and oxygen atoms in total. The number of pyridine rings is 2. The molecule has 1 atom stereocenters. The van der Waals surface area contributed by atoms with Crippen molar-refractivity contribution in [3.63, 3.8) is 0 Å². The standard InChI is InChI=1S/C28H29N3O6/c1-4-17-18-9-15(32)7-8-22(18)30-25-19(17)13-31-23(25)10-21-20(26(31)35)14-37-27(36)28(21,6-3)11-16(33)12-29-24(34)5-2/h7-10,32H,4-6,11-14H2,1-3H3,(H,29,34)/t28-/m0/s1. The van der Waals surface area contributed by atoms with Gasteiger partial charge in [-0.05, 0) is 48.2 Å². The predicted octanol–water partition coefficient (Wildman–Crippen LogP) is 2.88. The van der Waals surface area contributed by atoms with Crippen LogP contribution in [0.4, 0.5) is 0 Å². The molecule has 9 heteroatoms. The van der Waals surface area contributed by atoms with E-state index in [1.807, 2.05) is 13.0 Å². The number of aryl methyl sites for hydroxylation is 1. The van der Waals surface area contributed by atoms with Gasteiger partial charge in [0.05, 0.1) is 35.6 Å². The lowest BCUT2D eigenvalue weighted by atomic mass is 9.71. The maximum absolute atomic E-state index is 13.7. The van der Waals surface area contributed by atoms with E-state index in [-0.39, 0.29) is 55.4 Å². The van der Waals surface area contributed by atoms with Gasteiger partial charge in [0.25, 0.3) is 5.56 Å². The number of aromatic nitrogens is 2. The number of phenolic OH excluding ortho intramolecular Hbond substituents is 1. The number of Topliss-reactive ketones (excluding diaryl/α,β-unsaturated/α-hetero) is 1. The number of rotatable bonds is 7. The minimum absolute atomic E-state index is 0.148. The van der Waals surface area contributed by atoms with Crippen molar-refractivity contribution in [2.24, 2.45) is 0 Å². The Labute approximate surface area is 213 Å². The number of hydrogen-bond acceptors (Lipinski definition) is 7. The smallest absolute Gasteiger partial charge is 0.317 e. The van der Waals surface area contributed by atoms with Crippen molar-refractivity contribution < 1.29 is 24.2 Å². The maximum atomic E-state index is 13.7. The number of benzene rings is 1. The first-order valence-corrected chi connectivity index (χ1v) is 12.6. The van der Waals surface area contributed by atoms with Crippen molar-refractivity contribution in [3.05, 3.63) is 56.9 Å². The fraction of sp³-hybridized carbons (Fsp3) is 0.393. The Hall–Kier alpha value is -4.01. The van der Waals surface area contributed by atoms with E-state index in [4.69, 9.17) is 9.72 Å². The molecule has 2 aliphatic heterocycles. The number of amides is 1. The van der Waals surface area contributed by atoms with Crippen LogP contribution >= 0.6 is 0 Å². The highest BCUT2D eigenvalue weighted by atomic mass is 16.5. The third-order valence-electron chi connectivity index (χ3n) is 7.66. The van der Waals surface area contributed by atoms with Crippen LogP contribution in [0.3, 0.4) is 0 Å². The van der Waals surface area contributed by atoms with Crippen molar-refractivity contribution in [3.8, 4) is 17.1 Å². The van der Waals surface area contributed by atoms with E-state index in [1.165, 1.54) is 0 Å². The number of fused-ring (bicyclic) bond motifs is 5. The van der Waals surface area contributed by atoms with Crippen molar-refractivity contribution in [1.29, 1.82) is 0 Å². The number of carbonyl (C=O) groups excluding carboxylic acids is 3. The molecule has 0 saturated heterocycles. The van der Waals surface area contributed by atoms with Gasteiger partial charge in [0.2, 0.25) is 5.91 Å². The molecule has 4 heterocycles. The van der Waals surface area contributed by atoms with E-state index in [1.54, 1.807) is 36.6 Å². The zero-order chi connectivity index (χ0) is 26.5. The van der Waals surface area contributed by atoms with Gasteiger partial charge in [0.1, 0.15) is 17.8 Å². The summed E-state index contributed by atoms with van der Waals surface area (Å²) in [6.45, 7) is 5.49. The molecule has 2 N–H and O–H groups in total. The first-order chi connectivity index (χ1) is 17.7. The van der Waals surface area contributed by atoms with E-state index in [0.29, 0.717) is 41.0 Å². The molecule has 0 saturated carbocycles. The number of nitrogens with zero attached hydrogens (tertiary/aromatic N) is 2. The third-order valence-corrected chi connectivity index (χ3v) is 7.66. The largest absolute Gasteiger partial charge is 0.508 e. The number of hydrogen-bond donors (Lipinski definition) is 2. The lowest BCUT2D eigenvalue weighted by Gasteiger charge is -2.36. The molecule has 37 heavy (non-hydrogen) atoms. The van der Waals surface area contributed by atoms with Crippen LogP contribution in [0, 0.1) is 0 Å². The van der Waals surface area contributed by atoms with Gasteiger partial charge >= 0.3 is 5.97 Å². The van der Waals surface area contributed by atoms with Crippen LogP contribution in [-0.2, 0) is 44.1 Å². The molecule has 0 fully saturated rings. The molecule has 2 aliphatic rings. The molecule has 5 rings (SSSR count). The van der Waals surface area contributed by atoms with Crippen LogP contribution in [0.1, 0.15) is 62.3 Å². The van der Waals surface area contributed by atoms with E-state index in [0.717, 1.165) is 16.5 Å². The van der Waals surface area contributed by atoms with Crippen molar-refractivity contribution in [1.82, 2.24) is 14.9 Å². The first-order valence-electron chi connectivity index (χ1n) is 12.6. The predicted molar refractivity (Wildman–Crippen MR) is 136 cm³/mol. The molecule has 3 aromatic rings. The Morgan fingerprint density at radius 2 is 1.95 bits per heavy atom. The van der Waals surface area contributed by atoms with Crippen LogP contribution in [0.5, 0.6) is 5.75 Å². The Kier molecular flexibility index (Phi) is 6.09. The number of nitrogens with one attached hydrogen (secondary N) is 1. The van der Waals surface area contributed by atoms with E-state index >= 15 is 0 Å². The number of ketones is 1. The van der Waals surface area contributed by atoms with Crippen LogP contribution in [-0.4, -0.2) is 38.9 Å². The fourth-order valence-electron chi connectivity index (χ4n) is 5.64. The van der Waals surface area contributed by atoms with Crippen LogP contribution in [0.15, 0.2) is 29.1 Å². The third kappa shape index (κ3) is 3.80. The Morgan fingerprint density at radius 1 is 1.16 bits per heavy atom. The van der Waals surface area contributed by atoms with Crippen LogP contribution in [0.25, 0.3) is 22.3 Å². The normalized spacial score (nSPS) is 17.6. The SMILES string of the molecule is CCC(=O)NCC(=O)C[C@]1(CC)C(=O)OCc2c1cc1n(c2=O)Cc2c-1nc1ccc(O)cc1c2CC. The molecule has 192 valence electrons. The summed E-state index contributed by atoms with van der Waals surface area (Å²) in [6, 6.07) is 6.84. The fourth-order valence-corrected chi connectivity index (χ4v) is 5.64. The minimum Gasteiger partial charge on any atom is -0.508 e. The average Bonchev–Trinajstić information content (AvgIpc) is 3.26. The quantitative estimate of drug-likeness (QED) is 0.371. The zero-order valence-electron chi connectivity index (χ0n) is 21.1. The highest BCUT2D eigenvalue weighted by molar-refractivity contribution is 5.95. The molecule has 1 aromatic carbocycles.